The van der Waals surface area contributed by atoms with Gasteiger partial charge in [-0.1, -0.05) is 12.1 Å². The Labute approximate surface area is 188 Å². The van der Waals surface area contributed by atoms with Gasteiger partial charge in [0.2, 0.25) is 0 Å². The Kier molecular flexibility index (Phi) is 6.49. The number of aromatic nitrogens is 2. The van der Waals surface area contributed by atoms with Crippen molar-refractivity contribution < 1.29 is 27.9 Å². The van der Waals surface area contributed by atoms with Crippen LogP contribution < -0.4 is 10.1 Å². The van der Waals surface area contributed by atoms with E-state index in [1.807, 2.05) is 0 Å². The molecule has 168 valence electrons. The van der Waals surface area contributed by atoms with E-state index in [9.17, 15) is 14.0 Å². The predicted octanol–water partition coefficient (Wildman–Crippen LogP) is 4.28. The second kappa shape index (κ2) is 9.82. The third kappa shape index (κ3) is 5.65. The molecule has 0 saturated carbocycles. The molecule has 0 aliphatic heterocycles. The van der Waals surface area contributed by atoms with Crippen LogP contribution >= 0.6 is 0 Å². The maximum Gasteiger partial charge on any atom is 0.337 e. The van der Waals surface area contributed by atoms with Crippen molar-refractivity contribution in [3.8, 4) is 5.75 Å². The van der Waals surface area contributed by atoms with Crippen LogP contribution in [0.2, 0.25) is 0 Å². The Morgan fingerprint density at radius 2 is 1.91 bits per heavy atom. The number of nitrogens with one attached hydrogen (secondary N) is 1. The van der Waals surface area contributed by atoms with Gasteiger partial charge in [0.1, 0.15) is 23.9 Å². The van der Waals surface area contributed by atoms with Crippen molar-refractivity contribution in [1.29, 1.82) is 0 Å². The second-order valence-corrected chi connectivity index (χ2v) is 7.05. The van der Waals surface area contributed by atoms with Crippen LogP contribution in [0.1, 0.15) is 32.2 Å². The highest BCUT2D eigenvalue weighted by molar-refractivity contribution is 6.01. The average molecular weight is 449 g/mol. The second-order valence-electron chi connectivity index (χ2n) is 7.05. The van der Waals surface area contributed by atoms with Crippen molar-refractivity contribution in [3.05, 3.63) is 101 Å². The van der Waals surface area contributed by atoms with Crippen molar-refractivity contribution in [2.45, 2.75) is 13.2 Å². The minimum Gasteiger partial charge on any atom is -0.486 e. The third-order valence-corrected chi connectivity index (χ3v) is 4.66. The minimum absolute atomic E-state index is 0.104. The summed E-state index contributed by atoms with van der Waals surface area (Å²) >= 11 is 0. The van der Waals surface area contributed by atoms with Gasteiger partial charge in [0.15, 0.2) is 11.6 Å². The molecule has 9 heteroatoms. The van der Waals surface area contributed by atoms with Gasteiger partial charge >= 0.3 is 5.97 Å². The van der Waals surface area contributed by atoms with E-state index >= 15 is 0 Å². The van der Waals surface area contributed by atoms with Gasteiger partial charge in [-0.25, -0.2) is 9.18 Å². The summed E-state index contributed by atoms with van der Waals surface area (Å²) in [6.45, 7) is 0.476. The summed E-state index contributed by atoms with van der Waals surface area (Å²) in [5.41, 5.74) is 1.17. The molecule has 0 aliphatic rings. The van der Waals surface area contributed by atoms with Crippen LogP contribution in [0.15, 0.2) is 77.3 Å². The SMILES string of the molecule is COC(=O)c1ccc(OCc2ccc(C(=O)Nc3ccn(Cc4cccc(F)c4)n3)o2)cc1. The molecule has 4 rings (SSSR count). The number of carbonyl (C=O) groups excluding carboxylic acids is 2. The summed E-state index contributed by atoms with van der Waals surface area (Å²) in [5, 5.41) is 6.93. The molecule has 0 spiro atoms. The number of carbonyl (C=O) groups is 2. The van der Waals surface area contributed by atoms with Crippen LogP contribution in [0.5, 0.6) is 5.75 Å². The van der Waals surface area contributed by atoms with E-state index in [-0.39, 0.29) is 18.2 Å². The number of rotatable bonds is 8. The van der Waals surface area contributed by atoms with Gasteiger partial charge in [0.25, 0.3) is 5.91 Å². The first-order valence-corrected chi connectivity index (χ1v) is 9.99. The van der Waals surface area contributed by atoms with Crippen molar-refractivity contribution in [2.24, 2.45) is 0 Å². The van der Waals surface area contributed by atoms with Gasteiger partial charge in [-0.2, -0.15) is 5.10 Å². The zero-order chi connectivity index (χ0) is 23.2. The lowest BCUT2D eigenvalue weighted by Crippen LogP contribution is -2.12. The smallest absolute Gasteiger partial charge is 0.337 e. The van der Waals surface area contributed by atoms with E-state index in [2.05, 4.69) is 15.2 Å². The number of halogens is 1. The first-order chi connectivity index (χ1) is 16.0. The molecule has 33 heavy (non-hydrogen) atoms. The molecule has 4 aromatic rings. The molecule has 1 amide bonds. The number of furan rings is 1. The van der Waals surface area contributed by atoms with Gasteiger partial charge in [0, 0.05) is 12.3 Å². The molecule has 8 nitrogen and oxygen atoms in total. The topological polar surface area (TPSA) is 95.6 Å². The number of nitrogens with zero attached hydrogens (tertiary/aromatic N) is 2. The molecule has 0 saturated heterocycles. The lowest BCUT2D eigenvalue weighted by Gasteiger charge is -2.05. The summed E-state index contributed by atoms with van der Waals surface area (Å²) in [5.74, 6) is 0.235. The monoisotopic (exact) mass is 449 g/mol. The number of hydrogen-bond donors (Lipinski definition) is 1. The zero-order valence-corrected chi connectivity index (χ0v) is 17.7. The fraction of sp³-hybridized carbons (Fsp3) is 0.125. The lowest BCUT2D eigenvalue weighted by atomic mass is 10.2. The maximum atomic E-state index is 13.3. The summed E-state index contributed by atoms with van der Waals surface area (Å²) in [6, 6.07) is 17.5. The van der Waals surface area contributed by atoms with Crippen molar-refractivity contribution >= 4 is 17.7 Å². The molecular formula is C24H20FN3O5. The number of ether oxygens (including phenoxy) is 2. The Balaban J connectivity index is 1.31. The summed E-state index contributed by atoms with van der Waals surface area (Å²) in [7, 11) is 1.32. The van der Waals surface area contributed by atoms with E-state index in [1.165, 1.54) is 25.3 Å². The number of amides is 1. The van der Waals surface area contributed by atoms with Crippen molar-refractivity contribution in [2.75, 3.05) is 12.4 Å². The largest absolute Gasteiger partial charge is 0.486 e. The molecule has 0 atom stereocenters. The highest BCUT2D eigenvalue weighted by Crippen LogP contribution is 2.17. The average Bonchev–Trinajstić information content (AvgIpc) is 3.47. The molecule has 0 aliphatic carbocycles. The van der Waals surface area contributed by atoms with E-state index in [1.54, 1.807) is 59.4 Å². The van der Waals surface area contributed by atoms with Crippen LogP contribution in [-0.2, 0) is 17.9 Å². The van der Waals surface area contributed by atoms with Gasteiger partial charge in [0.05, 0.1) is 19.2 Å². The fourth-order valence-electron chi connectivity index (χ4n) is 3.05. The number of methoxy groups -OCH3 is 1. The minimum atomic E-state index is -0.459. The van der Waals surface area contributed by atoms with Crippen LogP contribution in [0, 0.1) is 5.82 Å². The van der Waals surface area contributed by atoms with E-state index < -0.39 is 11.9 Å². The molecule has 1 N–H and O–H groups in total. The van der Waals surface area contributed by atoms with Gasteiger partial charge < -0.3 is 19.2 Å². The molecule has 0 fully saturated rings. The fourth-order valence-corrected chi connectivity index (χ4v) is 3.05. The highest BCUT2D eigenvalue weighted by atomic mass is 19.1. The van der Waals surface area contributed by atoms with Crippen LogP contribution in [-0.4, -0.2) is 28.8 Å². The predicted molar refractivity (Wildman–Crippen MR) is 117 cm³/mol. The molecule has 2 aromatic heterocycles. The summed E-state index contributed by atoms with van der Waals surface area (Å²) in [4.78, 5) is 23.9. The first kappa shape index (κ1) is 21.8. The summed E-state index contributed by atoms with van der Waals surface area (Å²) in [6.07, 6.45) is 1.69. The van der Waals surface area contributed by atoms with Crippen LogP contribution in [0.4, 0.5) is 10.2 Å². The highest BCUT2D eigenvalue weighted by Gasteiger charge is 2.14. The Hall–Kier alpha value is -4.40. The Bertz CT molecular complexity index is 1260. The van der Waals surface area contributed by atoms with E-state index in [4.69, 9.17) is 9.15 Å². The molecule has 0 radical (unpaired) electrons. The first-order valence-electron chi connectivity index (χ1n) is 9.99. The molecule has 2 aromatic carbocycles. The summed E-state index contributed by atoms with van der Waals surface area (Å²) < 4.78 is 30.7. The maximum absolute atomic E-state index is 13.3. The zero-order valence-electron chi connectivity index (χ0n) is 17.7. The van der Waals surface area contributed by atoms with Crippen LogP contribution in [0.3, 0.4) is 0 Å². The van der Waals surface area contributed by atoms with Gasteiger partial charge in [-0.3, -0.25) is 9.48 Å². The van der Waals surface area contributed by atoms with E-state index in [0.717, 1.165) is 5.56 Å². The molecule has 2 heterocycles. The van der Waals surface area contributed by atoms with Crippen molar-refractivity contribution in [3.63, 3.8) is 0 Å². The molecule has 0 bridgehead atoms. The number of hydrogen-bond acceptors (Lipinski definition) is 6. The van der Waals surface area contributed by atoms with Crippen LogP contribution in [0.25, 0.3) is 0 Å². The quantitative estimate of drug-likeness (QED) is 0.404. The standard InChI is InChI=1S/C24H20FN3O5/c1-31-24(30)17-5-7-19(8-6-17)32-15-20-9-10-21(33-20)23(29)26-22-11-12-28(27-22)14-16-3-2-4-18(25)13-16/h2-13H,14-15H2,1H3,(H,26,27,29). The normalized spacial score (nSPS) is 10.6. The molecular weight excluding hydrogens is 429 g/mol. The van der Waals surface area contributed by atoms with Gasteiger partial charge in [-0.05, 0) is 54.1 Å². The molecule has 0 unspecified atom stereocenters. The van der Waals surface area contributed by atoms with E-state index in [0.29, 0.717) is 29.4 Å². The Morgan fingerprint density at radius 1 is 1.09 bits per heavy atom. The number of benzene rings is 2. The number of esters is 1. The van der Waals surface area contributed by atoms with Gasteiger partial charge in [-0.15, -0.1) is 0 Å². The van der Waals surface area contributed by atoms with Crippen molar-refractivity contribution in [1.82, 2.24) is 9.78 Å². The Morgan fingerprint density at radius 3 is 2.67 bits per heavy atom. The number of anilines is 1. The lowest BCUT2D eigenvalue weighted by molar-refractivity contribution is 0.0600. The third-order valence-electron chi connectivity index (χ3n) is 4.66.